The molecule has 2 fully saturated rings. The maximum absolute atomic E-state index is 4.77. The fraction of sp³-hybridized carbons (Fsp3) is 0.733. The fourth-order valence-corrected chi connectivity index (χ4v) is 3.31. The van der Waals surface area contributed by atoms with Crippen molar-refractivity contribution in [2.75, 3.05) is 18.0 Å². The molecule has 2 aliphatic rings. The van der Waals surface area contributed by atoms with Gasteiger partial charge in [-0.25, -0.2) is 4.98 Å². The highest BCUT2D eigenvalue weighted by atomic mass is 15.3. The van der Waals surface area contributed by atoms with E-state index in [0.29, 0.717) is 5.92 Å². The predicted octanol–water partition coefficient (Wildman–Crippen LogP) is 2.21. The van der Waals surface area contributed by atoms with Crippen LogP contribution in [0.2, 0.25) is 0 Å². The van der Waals surface area contributed by atoms with E-state index in [1.54, 1.807) is 0 Å². The molecule has 0 spiro atoms. The third-order valence-electron chi connectivity index (χ3n) is 4.23. The Bertz CT molecular complexity index is 432. The molecule has 0 aromatic carbocycles. The SMILES string of the molecule is CC(C)CNCc1cncc(N2CC3CCC2C3)n1. The van der Waals surface area contributed by atoms with Crippen LogP contribution in [-0.2, 0) is 6.54 Å². The number of anilines is 1. The lowest BCUT2D eigenvalue weighted by Gasteiger charge is -2.27. The molecule has 2 heterocycles. The van der Waals surface area contributed by atoms with Gasteiger partial charge in [-0.2, -0.15) is 0 Å². The van der Waals surface area contributed by atoms with Crippen LogP contribution in [0.25, 0.3) is 0 Å². The molecule has 19 heavy (non-hydrogen) atoms. The molecule has 2 bridgehead atoms. The van der Waals surface area contributed by atoms with Crippen molar-refractivity contribution in [3.8, 4) is 0 Å². The summed E-state index contributed by atoms with van der Waals surface area (Å²) in [4.78, 5) is 11.6. The van der Waals surface area contributed by atoms with Gasteiger partial charge in [0.05, 0.1) is 11.9 Å². The zero-order valence-corrected chi connectivity index (χ0v) is 12.0. The number of piperidine rings is 1. The first-order valence-electron chi connectivity index (χ1n) is 7.50. The third-order valence-corrected chi connectivity index (χ3v) is 4.23. The summed E-state index contributed by atoms with van der Waals surface area (Å²) in [5.41, 5.74) is 1.06. The highest BCUT2D eigenvalue weighted by molar-refractivity contribution is 5.40. The maximum Gasteiger partial charge on any atom is 0.147 e. The van der Waals surface area contributed by atoms with Crippen molar-refractivity contribution < 1.29 is 0 Å². The minimum Gasteiger partial charge on any atom is -0.352 e. The van der Waals surface area contributed by atoms with E-state index in [1.807, 2.05) is 12.4 Å². The van der Waals surface area contributed by atoms with Crippen LogP contribution in [0.1, 0.15) is 38.8 Å². The van der Waals surface area contributed by atoms with Gasteiger partial charge in [-0.05, 0) is 37.6 Å². The Kier molecular flexibility index (Phi) is 3.69. The highest BCUT2D eigenvalue weighted by Gasteiger charge is 2.38. The molecule has 1 aliphatic heterocycles. The molecule has 1 saturated carbocycles. The summed E-state index contributed by atoms with van der Waals surface area (Å²) in [6.45, 7) is 7.47. The van der Waals surface area contributed by atoms with Crippen LogP contribution < -0.4 is 10.2 Å². The van der Waals surface area contributed by atoms with E-state index in [2.05, 4.69) is 29.0 Å². The normalized spacial score (nSPS) is 25.5. The summed E-state index contributed by atoms with van der Waals surface area (Å²) in [6, 6.07) is 0.721. The van der Waals surface area contributed by atoms with Crippen molar-refractivity contribution in [3.63, 3.8) is 0 Å². The molecule has 1 saturated heterocycles. The topological polar surface area (TPSA) is 41.1 Å². The monoisotopic (exact) mass is 260 g/mol. The van der Waals surface area contributed by atoms with Crippen LogP contribution in [0.3, 0.4) is 0 Å². The predicted molar refractivity (Wildman–Crippen MR) is 77.1 cm³/mol. The van der Waals surface area contributed by atoms with Gasteiger partial charge in [-0.15, -0.1) is 0 Å². The van der Waals surface area contributed by atoms with Crippen molar-refractivity contribution in [3.05, 3.63) is 18.1 Å². The molecular formula is C15H24N4. The van der Waals surface area contributed by atoms with Crippen molar-refractivity contribution in [1.29, 1.82) is 0 Å². The molecule has 104 valence electrons. The third kappa shape index (κ3) is 2.89. The Morgan fingerprint density at radius 1 is 1.37 bits per heavy atom. The van der Waals surface area contributed by atoms with Crippen LogP contribution in [0, 0.1) is 11.8 Å². The number of aromatic nitrogens is 2. The van der Waals surface area contributed by atoms with Crippen molar-refractivity contribution >= 4 is 5.82 Å². The number of hydrogen-bond acceptors (Lipinski definition) is 4. The van der Waals surface area contributed by atoms with Gasteiger partial charge >= 0.3 is 0 Å². The first kappa shape index (κ1) is 12.9. The van der Waals surface area contributed by atoms with Crippen LogP contribution in [-0.4, -0.2) is 29.1 Å². The first-order chi connectivity index (χ1) is 9.22. The van der Waals surface area contributed by atoms with Gasteiger partial charge in [0.15, 0.2) is 0 Å². The standard InChI is InChI=1S/C15H24N4/c1-11(2)6-16-7-13-8-17-9-15(18-13)19-10-12-3-4-14(19)5-12/h8-9,11-12,14,16H,3-7,10H2,1-2H3. The van der Waals surface area contributed by atoms with Gasteiger partial charge in [0, 0.05) is 25.3 Å². The lowest BCUT2D eigenvalue weighted by atomic mass is 10.1. The zero-order chi connectivity index (χ0) is 13.2. The van der Waals surface area contributed by atoms with Gasteiger partial charge in [-0.1, -0.05) is 13.8 Å². The number of hydrogen-bond donors (Lipinski definition) is 1. The first-order valence-corrected chi connectivity index (χ1v) is 7.50. The van der Waals surface area contributed by atoms with Gasteiger partial charge in [0.2, 0.25) is 0 Å². The Balaban J connectivity index is 1.63. The van der Waals surface area contributed by atoms with Crippen molar-refractivity contribution in [1.82, 2.24) is 15.3 Å². The number of nitrogens with zero attached hydrogens (tertiary/aromatic N) is 3. The quantitative estimate of drug-likeness (QED) is 0.881. The van der Waals surface area contributed by atoms with Crippen molar-refractivity contribution in [2.45, 2.75) is 45.7 Å². The second kappa shape index (κ2) is 5.45. The molecule has 2 unspecified atom stereocenters. The summed E-state index contributed by atoms with van der Waals surface area (Å²) in [5, 5.41) is 3.43. The van der Waals surface area contributed by atoms with E-state index >= 15 is 0 Å². The molecule has 1 aromatic heterocycles. The summed E-state index contributed by atoms with van der Waals surface area (Å²) >= 11 is 0. The van der Waals surface area contributed by atoms with Gasteiger partial charge in [-0.3, -0.25) is 4.98 Å². The summed E-state index contributed by atoms with van der Waals surface area (Å²) in [6.07, 6.45) is 7.90. The van der Waals surface area contributed by atoms with Crippen LogP contribution in [0.4, 0.5) is 5.82 Å². The van der Waals surface area contributed by atoms with E-state index in [0.717, 1.165) is 36.6 Å². The highest BCUT2D eigenvalue weighted by Crippen LogP contribution is 2.39. The minimum atomic E-state index is 0.672. The fourth-order valence-electron chi connectivity index (χ4n) is 3.31. The van der Waals surface area contributed by atoms with E-state index in [1.165, 1.54) is 25.8 Å². The smallest absolute Gasteiger partial charge is 0.147 e. The number of fused-ring (bicyclic) bond motifs is 2. The van der Waals surface area contributed by atoms with Gasteiger partial charge < -0.3 is 10.2 Å². The molecule has 4 heteroatoms. The Hall–Kier alpha value is -1.16. The number of rotatable bonds is 5. The van der Waals surface area contributed by atoms with Gasteiger partial charge in [0.25, 0.3) is 0 Å². The molecule has 1 N–H and O–H groups in total. The second-order valence-corrected chi connectivity index (χ2v) is 6.38. The molecule has 4 nitrogen and oxygen atoms in total. The maximum atomic E-state index is 4.77. The van der Waals surface area contributed by atoms with E-state index < -0.39 is 0 Å². The van der Waals surface area contributed by atoms with E-state index in [4.69, 9.17) is 4.98 Å². The average molecular weight is 260 g/mol. The molecule has 2 atom stereocenters. The lowest BCUT2D eigenvalue weighted by molar-refractivity contribution is 0.540. The average Bonchev–Trinajstić information content (AvgIpc) is 3.01. The minimum absolute atomic E-state index is 0.672. The summed E-state index contributed by atoms with van der Waals surface area (Å²) in [7, 11) is 0. The molecule has 0 amide bonds. The summed E-state index contributed by atoms with van der Waals surface area (Å²) in [5.74, 6) is 2.65. The van der Waals surface area contributed by atoms with Gasteiger partial charge in [0.1, 0.15) is 5.82 Å². The molecule has 0 radical (unpaired) electrons. The van der Waals surface area contributed by atoms with E-state index in [-0.39, 0.29) is 0 Å². The molecule has 1 aliphatic carbocycles. The van der Waals surface area contributed by atoms with Crippen LogP contribution >= 0.6 is 0 Å². The Labute approximate surface area is 115 Å². The summed E-state index contributed by atoms with van der Waals surface area (Å²) < 4.78 is 0. The van der Waals surface area contributed by atoms with E-state index in [9.17, 15) is 0 Å². The number of nitrogens with one attached hydrogen (secondary N) is 1. The Morgan fingerprint density at radius 3 is 2.95 bits per heavy atom. The lowest BCUT2D eigenvalue weighted by Crippen LogP contribution is -2.33. The molecule has 3 rings (SSSR count). The largest absolute Gasteiger partial charge is 0.352 e. The van der Waals surface area contributed by atoms with Crippen LogP contribution in [0.15, 0.2) is 12.4 Å². The Morgan fingerprint density at radius 2 is 2.26 bits per heavy atom. The van der Waals surface area contributed by atoms with Crippen molar-refractivity contribution in [2.24, 2.45) is 11.8 Å². The van der Waals surface area contributed by atoms with Crippen LogP contribution in [0.5, 0.6) is 0 Å². The molecule has 1 aromatic rings. The second-order valence-electron chi connectivity index (χ2n) is 6.38. The zero-order valence-electron chi connectivity index (χ0n) is 12.0. The molecular weight excluding hydrogens is 236 g/mol.